The Bertz CT molecular complexity index is 1130. The lowest BCUT2D eigenvalue weighted by molar-refractivity contribution is 0.0244. The van der Waals surface area contributed by atoms with Gasteiger partial charge in [-0.3, -0.25) is 4.98 Å². The molecule has 0 bridgehead atoms. The van der Waals surface area contributed by atoms with Crippen LogP contribution in [0.4, 0.5) is 11.4 Å². The van der Waals surface area contributed by atoms with Crippen molar-refractivity contribution in [3.8, 4) is 0 Å². The number of anilines is 2. The number of ether oxygens (including phenoxy) is 1. The van der Waals surface area contributed by atoms with Crippen LogP contribution in [-0.4, -0.2) is 44.4 Å². The summed E-state index contributed by atoms with van der Waals surface area (Å²) in [5.41, 5.74) is 4.49. The molecule has 0 N–H and O–H groups in total. The lowest BCUT2D eigenvalue weighted by Gasteiger charge is -2.33. The number of aromatic nitrogens is 1. The van der Waals surface area contributed by atoms with E-state index < -0.39 is 5.60 Å². The number of rotatable bonds is 7. The van der Waals surface area contributed by atoms with Gasteiger partial charge in [-0.25, -0.2) is 4.79 Å². The van der Waals surface area contributed by atoms with E-state index in [9.17, 15) is 4.79 Å². The molecule has 32 heavy (non-hydrogen) atoms. The summed E-state index contributed by atoms with van der Waals surface area (Å²) in [7, 11) is 4.05. The van der Waals surface area contributed by atoms with Crippen LogP contribution < -0.4 is 9.80 Å². The van der Waals surface area contributed by atoms with E-state index in [4.69, 9.17) is 4.74 Å². The molecule has 1 unspecified atom stereocenters. The van der Waals surface area contributed by atoms with Crippen molar-refractivity contribution in [3.63, 3.8) is 0 Å². The first-order valence-electron chi connectivity index (χ1n) is 10.8. The van der Waals surface area contributed by atoms with Gasteiger partial charge in [0.15, 0.2) is 5.60 Å². The minimum absolute atomic E-state index is 0.343. The normalized spacial score (nSPS) is 17.1. The second kappa shape index (κ2) is 8.87. The van der Waals surface area contributed by atoms with Crippen LogP contribution >= 0.6 is 11.8 Å². The van der Waals surface area contributed by atoms with Crippen LogP contribution in [0.3, 0.4) is 0 Å². The van der Waals surface area contributed by atoms with Crippen LogP contribution in [-0.2, 0) is 10.3 Å². The third-order valence-electron chi connectivity index (χ3n) is 6.15. The van der Waals surface area contributed by atoms with E-state index in [1.807, 2.05) is 20.2 Å². The standard InChI is InChI=1S/C26H29N3O2S/c1-6-29(7-2)19-10-8-18(9-11-19)26(22-14-15-27-17-21(22)25(30)31-26)23-13-12-20(28(3)4)16-24(23)32-5/h8-17H,6-7H2,1-5H3. The van der Waals surface area contributed by atoms with Gasteiger partial charge >= 0.3 is 5.97 Å². The van der Waals surface area contributed by atoms with Gasteiger partial charge in [-0.15, -0.1) is 11.8 Å². The number of carbonyl (C=O) groups excluding carboxylic acids is 1. The maximum Gasteiger partial charge on any atom is 0.341 e. The number of hydrogen-bond donors (Lipinski definition) is 0. The first kappa shape index (κ1) is 22.2. The maximum atomic E-state index is 13.0. The van der Waals surface area contributed by atoms with E-state index in [1.54, 1.807) is 24.2 Å². The molecule has 0 fully saturated rings. The average molecular weight is 448 g/mol. The molecule has 2 aromatic carbocycles. The minimum Gasteiger partial charge on any atom is -0.440 e. The average Bonchev–Trinajstić information content (AvgIpc) is 3.13. The van der Waals surface area contributed by atoms with Gasteiger partial charge < -0.3 is 14.5 Å². The Kier molecular flexibility index (Phi) is 6.15. The number of benzene rings is 2. The second-order valence-corrected chi connectivity index (χ2v) is 8.84. The highest BCUT2D eigenvalue weighted by Crippen LogP contribution is 2.49. The lowest BCUT2D eigenvalue weighted by atomic mass is 9.80. The quantitative estimate of drug-likeness (QED) is 0.367. The van der Waals surface area contributed by atoms with E-state index in [0.29, 0.717) is 5.56 Å². The molecule has 1 aromatic heterocycles. The molecule has 0 radical (unpaired) electrons. The number of fused-ring (bicyclic) bond motifs is 1. The molecule has 0 saturated heterocycles. The van der Waals surface area contributed by atoms with Crippen molar-refractivity contribution >= 4 is 29.1 Å². The number of nitrogens with zero attached hydrogens (tertiary/aromatic N) is 3. The molecule has 6 heteroatoms. The molecular weight excluding hydrogens is 418 g/mol. The molecular formula is C26H29N3O2S. The third kappa shape index (κ3) is 3.52. The van der Waals surface area contributed by atoms with E-state index in [1.165, 1.54) is 0 Å². The van der Waals surface area contributed by atoms with E-state index in [2.05, 4.69) is 77.4 Å². The number of pyridine rings is 1. The fourth-order valence-electron chi connectivity index (χ4n) is 4.43. The molecule has 0 saturated carbocycles. The number of cyclic esters (lactones) is 1. The molecule has 4 rings (SSSR count). The highest BCUT2D eigenvalue weighted by molar-refractivity contribution is 7.98. The van der Waals surface area contributed by atoms with Gasteiger partial charge in [-0.1, -0.05) is 18.2 Å². The highest BCUT2D eigenvalue weighted by atomic mass is 32.2. The predicted molar refractivity (Wildman–Crippen MR) is 132 cm³/mol. The molecule has 2 heterocycles. The number of carbonyl (C=O) groups is 1. The Morgan fingerprint density at radius 2 is 1.66 bits per heavy atom. The minimum atomic E-state index is -1.01. The van der Waals surface area contributed by atoms with E-state index in [0.717, 1.165) is 46.1 Å². The van der Waals surface area contributed by atoms with Gasteiger partial charge in [0.1, 0.15) is 0 Å². The summed E-state index contributed by atoms with van der Waals surface area (Å²) in [6, 6.07) is 16.6. The topological polar surface area (TPSA) is 45.7 Å². The smallest absolute Gasteiger partial charge is 0.341 e. The first-order valence-corrected chi connectivity index (χ1v) is 12.1. The SMILES string of the molecule is CCN(CC)c1ccc(C2(c3ccc(N(C)C)cc3SC)OC(=O)c3cnccc32)cc1. The van der Waals surface area contributed by atoms with Crippen molar-refractivity contribution in [1.82, 2.24) is 4.98 Å². The summed E-state index contributed by atoms with van der Waals surface area (Å²) in [6.45, 7) is 6.18. The second-order valence-electron chi connectivity index (χ2n) is 7.99. The van der Waals surface area contributed by atoms with Crippen LogP contribution in [0.15, 0.2) is 65.8 Å². The van der Waals surface area contributed by atoms with Gasteiger partial charge in [0.2, 0.25) is 0 Å². The number of hydrogen-bond acceptors (Lipinski definition) is 6. The van der Waals surface area contributed by atoms with Crippen molar-refractivity contribution in [1.29, 1.82) is 0 Å². The molecule has 0 amide bonds. The Hall–Kier alpha value is -2.99. The van der Waals surface area contributed by atoms with Crippen molar-refractivity contribution in [2.45, 2.75) is 24.3 Å². The van der Waals surface area contributed by atoms with Crippen LogP contribution in [0.5, 0.6) is 0 Å². The van der Waals surface area contributed by atoms with Gasteiger partial charge in [0, 0.05) is 72.5 Å². The molecule has 5 nitrogen and oxygen atoms in total. The first-order chi connectivity index (χ1) is 15.5. The molecule has 166 valence electrons. The van der Waals surface area contributed by atoms with Gasteiger partial charge in [-0.05, 0) is 50.4 Å². The monoisotopic (exact) mass is 447 g/mol. The largest absolute Gasteiger partial charge is 0.440 e. The van der Waals surface area contributed by atoms with Crippen molar-refractivity contribution < 1.29 is 9.53 Å². The number of thioether (sulfide) groups is 1. The van der Waals surface area contributed by atoms with Crippen LogP contribution in [0, 0.1) is 0 Å². The molecule has 0 spiro atoms. The van der Waals surface area contributed by atoms with Crippen molar-refractivity contribution in [3.05, 3.63) is 83.2 Å². The van der Waals surface area contributed by atoms with Crippen LogP contribution in [0.2, 0.25) is 0 Å². The Morgan fingerprint density at radius 3 is 2.28 bits per heavy atom. The fourth-order valence-corrected chi connectivity index (χ4v) is 5.10. The predicted octanol–water partition coefficient (Wildman–Crippen LogP) is 5.18. The zero-order valence-electron chi connectivity index (χ0n) is 19.3. The summed E-state index contributed by atoms with van der Waals surface area (Å²) >= 11 is 1.66. The molecule has 1 atom stereocenters. The van der Waals surface area contributed by atoms with Crippen LogP contribution in [0.1, 0.15) is 40.9 Å². The molecule has 0 aliphatic carbocycles. The lowest BCUT2D eigenvalue weighted by Crippen LogP contribution is -2.30. The van der Waals surface area contributed by atoms with Crippen LogP contribution in [0.25, 0.3) is 0 Å². The van der Waals surface area contributed by atoms with E-state index >= 15 is 0 Å². The maximum absolute atomic E-state index is 13.0. The van der Waals surface area contributed by atoms with Gasteiger partial charge in [0.05, 0.1) is 5.56 Å². The van der Waals surface area contributed by atoms with Gasteiger partial charge in [0.25, 0.3) is 0 Å². The summed E-state index contributed by atoms with van der Waals surface area (Å²) in [6.07, 6.45) is 5.39. The third-order valence-corrected chi connectivity index (χ3v) is 6.93. The Morgan fingerprint density at radius 1 is 0.969 bits per heavy atom. The summed E-state index contributed by atoms with van der Waals surface area (Å²) in [4.78, 5) is 22.6. The number of esters is 1. The summed E-state index contributed by atoms with van der Waals surface area (Å²) < 4.78 is 6.27. The van der Waals surface area contributed by atoms with Crippen molar-refractivity contribution in [2.24, 2.45) is 0 Å². The zero-order chi connectivity index (χ0) is 22.9. The molecule has 1 aliphatic rings. The highest BCUT2D eigenvalue weighted by Gasteiger charge is 2.49. The molecule has 3 aromatic rings. The molecule has 1 aliphatic heterocycles. The summed E-state index contributed by atoms with van der Waals surface area (Å²) in [5.74, 6) is -0.343. The Labute approximate surface area is 194 Å². The van der Waals surface area contributed by atoms with E-state index in [-0.39, 0.29) is 5.97 Å². The van der Waals surface area contributed by atoms with Gasteiger partial charge in [-0.2, -0.15) is 0 Å². The summed E-state index contributed by atoms with van der Waals surface area (Å²) in [5, 5.41) is 0. The fraction of sp³-hybridized carbons (Fsp3) is 0.308. The zero-order valence-corrected chi connectivity index (χ0v) is 20.1. The Balaban J connectivity index is 1.96. The van der Waals surface area contributed by atoms with Crippen molar-refractivity contribution in [2.75, 3.05) is 43.2 Å².